The lowest BCUT2D eigenvalue weighted by Crippen LogP contribution is -1.89. The molecule has 0 saturated carbocycles. The molecule has 2 heterocycles. The van der Waals surface area contributed by atoms with Gasteiger partial charge in [0.15, 0.2) is 11.5 Å². The lowest BCUT2D eigenvalue weighted by molar-refractivity contribution is 1.11. The van der Waals surface area contributed by atoms with Crippen LogP contribution in [0.5, 0.6) is 0 Å². The summed E-state index contributed by atoms with van der Waals surface area (Å²) in [7, 11) is 0. The standard InChI is InChI=1S/C13H10ClN3/c1-9-2-4-10(5-3-9)13-16-15-12-7-6-11(14)8-17(12)13/h2-8H,1H3. The van der Waals surface area contributed by atoms with Gasteiger partial charge in [0.25, 0.3) is 0 Å². The Labute approximate surface area is 104 Å². The average Bonchev–Trinajstić information content (AvgIpc) is 2.73. The van der Waals surface area contributed by atoms with E-state index < -0.39 is 0 Å². The first-order valence-electron chi connectivity index (χ1n) is 5.31. The molecule has 2 aromatic heterocycles. The van der Waals surface area contributed by atoms with Gasteiger partial charge in [-0.25, -0.2) is 0 Å². The fourth-order valence-electron chi connectivity index (χ4n) is 1.76. The lowest BCUT2D eigenvalue weighted by atomic mass is 10.1. The van der Waals surface area contributed by atoms with Crippen LogP contribution in [0.25, 0.3) is 17.0 Å². The highest BCUT2D eigenvalue weighted by atomic mass is 35.5. The predicted molar refractivity (Wildman–Crippen MR) is 68.2 cm³/mol. The number of nitrogens with zero attached hydrogens (tertiary/aromatic N) is 3. The van der Waals surface area contributed by atoms with Crippen LogP contribution < -0.4 is 0 Å². The van der Waals surface area contributed by atoms with Crippen molar-refractivity contribution in [3.8, 4) is 11.4 Å². The summed E-state index contributed by atoms with van der Waals surface area (Å²) in [5, 5.41) is 8.98. The van der Waals surface area contributed by atoms with E-state index in [0.717, 1.165) is 17.0 Å². The maximum Gasteiger partial charge on any atom is 0.168 e. The third-order valence-electron chi connectivity index (χ3n) is 2.68. The summed E-state index contributed by atoms with van der Waals surface area (Å²) in [6, 6.07) is 11.8. The summed E-state index contributed by atoms with van der Waals surface area (Å²) in [5.41, 5.74) is 3.05. The first kappa shape index (κ1) is 10.3. The largest absolute Gasteiger partial charge is 0.281 e. The van der Waals surface area contributed by atoms with E-state index in [0.29, 0.717) is 5.02 Å². The van der Waals surface area contributed by atoms with Crippen molar-refractivity contribution in [2.45, 2.75) is 6.92 Å². The maximum atomic E-state index is 5.98. The van der Waals surface area contributed by atoms with Crippen molar-refractivity contribution < 1.29 is 0 Å². The molecule has 0 amide bonds. The number of hydrogen-bond acceptors (Lipinski definition) is 2. The molecule has 3 aromatic rings. The molecule has 0 saturated heterocycles. The maximum absolute atomic E-state index is 5.98. The highest BCUT2D eigenvalue weighted by Gasteiger charge is 2.07. The van der Waals surface area contributed by atoms with Gasteiger partial charge in [-0.1, -0.05) is 41.4 Å². The second-order valence-electron chi connectivity index (χ2n) is 3.97. The molecule has 84 valence electrons. The zero-order valence-corrected chi connectivity index (χ0v) is 10.0. The molecule has 0 radical (unpaired) electrons. The number of fused-ring (bicyclic) bond motifs is 1. The Balaban J connectivity index is 2.23. The number of hydrogen-bond donors (Lipinski definition) is 0. The Morgan fingerprint density at radius 2 is 1.76 bits per heavy atom. The Hall–Kier alpha value is -1.87. The SMILES string of the molecule is Cc1ccc(-c2nnc3ccc(Cl)cn23)cc1. The highest BCUT2D eigenvalue weighted by Crippen LogP contribution is 2.20. The molecule has 0 unspecified atom stereocenters. The van der Waals surface area contributed by atoms with Crippen molar-refractivity contribution >= 4 is 17.2 Å². The molecule has 0 N–H and O–H groups in total. The van der Waals surface area contributed by atoms with Gasteiger partial charge in [0, 0.05) is 11.8 Å². The quantitative estimate of drug-likeness (QED) is 0.656. The first-order valence-corrected chi connectivity index (χ1v) is 5.69. The van der Waals surface area contributed by atoms with E-state index in [9.17, 15) is 0 Å². The van der Waals surface area contributed by atoms with Gasteiger partial charge < -0.3 is 0 Å². The van der Waals surface area contributed by atoms with Gasteiger partial charge in [-0.15, -0.1) is 10.2 Å². The molecule has 0 aliphatic heterocycles. The van der Waals surface area contributed by atoms with Crippen LogP contribution in [0.1, 0.15) is 5.56 Å². The zero-order chi connectivity index (χ0) is 11.8. The summed E-state index contributed by atoms with van der Waals surface area (Å²) in [6.07, 6.45) is 1.83. The van der Waals surface area contributed by atoms with Crippen molar-refractivity contribution in [2.24, 2.45) is 0 Å². The van der Waals surface area contributed by atoms with E-state index in [-0.39, 0.29) is 0 Å². The third kappa shape index (κ3) is 1.78. The summed E-state index contributed by atoms with van der Waals surface area (Å²) in [4.78, 5) is 0. The number of pyridine rings is 1. The Morgan fingerprint density at radius 3 is 2.53 bits per heavy atom. The molecule has 0 atom stereocenters. The summed E-state index contributed by atoms with van der Waals surface area (Å²) in [6.45, 7) is 2.06. The summed E-state index contributed by atoms with van der Waals surface area (Å²) < 4.78 is 1.90. The number of aromatic nitrogens is 3. The van der Waals surface area contributed by atoms with E-state index in [1.807, 2.05) is 34.9 Å². The number of aryl methyl sites for hydroxylation is 1. The smallest absolute Gasteiger partial charge is 0.168 e. The molecular formula is C13H10ClN3. The van der Waals surface area contributed by atoms with Crippen molar-refractivity contribution in [1.29, 1.82) is 0 Å². The molecule has 3 rings (SSSR count). The van der Waals surface area contributed by atoms with Crippen LogP contribution >= 0.6 is 11.6 Å². The van der Waals surface area contributed by atoms with Crippen molar-refractivity contribution in [3.63, 3.8) is 0 Å². The molecular weight excluding hydrogens is 234 g/mol. The minimum absolute atomic E-state index is 0.672. The van der Waals surface area contributed by atoms with E-state index in [2.05, 4.69) is 29.3 Å². The van der Waals surface area contributed by atoms with Crippen LogP contribution in [-0.4, -0.2) is 14.6 Å². The minimum Gasteiger partial charge on any atom is -0.281 e. The summed E-state index contributed by atoms with van der Waals surface area (Å²) >= 11 is 5.98. The molecule has 0 fully saturated rings. The van der Waals surface area contributed by atoms with Crippen molar-refractivity contribution in [2.75, 3.05) is 0 Å². The fourth-order valence-corrected chi connectivity index (χ4v) is 1.92. The molecule has 0 aliphatic rings. The van der Waals surface area contributed by atoms with E-state index in [1.165, 1.54) is 5.56 Å². The van der Waals surface area contributed by atoms with Gasteiger partial charge in [0.05, 0.1) is 5.02 Å². The summed E-state index contributed by atoms with van der Waals surface area (Å²) in [5.74, 6) is 0.808. The van der Waals surface area contributed by atoms with Crippen molar-refractivity contribution in [1.82, 2.24) is 14.6 Å². The topological polar surface area (TPSA) is 30.2 Å². The Bertz CT molecular complexity index is 671. The van der Waals surface area contributed by atoms with Gasteiger partial charge in [0.2, 0.25) is 0 Å². The average molecular weight is 244 g/mol. The van der Waals surface area contributed by atoms with Crippen LogP contribution in [0.4, 0.5) is 0 Å². The lowest BCUT2D eigenvalue weighted by Gasteiger charge is -2.00. The van der Waals surface area contributed by atoms with Gasteiger partial charge in [0.1, 0.15) is 0 Å². The van der Waals surface area contributed by atoms with Crippen LogP contribution in [0.15, 0.2) is 42.6 Å². The number of benzene rings is 1. The van der Waals surface area contributed by atoms with E-state index in [4.69, 9.17) is 11.6 Å². The molecule has 1 aromatic carbocycles. The molecule has 4 heteroatoms. The second kappa shape index (κ2) is 3.86. The van der Waals surface area contributed by atoms with Crippen LogP contribution in [0.2, 0.25) is 5.02 Å². The number of rotatable bonds is 1. The van der Waals surface area contributed by atoms with Crippen LogP contribution in [0, 0.1) is 6.92 Å². The molecule has 0 bridgehead atoms. The van der Waals surface area contributed by atoms with Gasteiger partial charge in [-0.3, -0.25) is 4.40 Å². The second-order valence-corrected chi connectivity index (χ2v) is 4.40. The first-order chi connectivity index (χ1) is 8.24. The van der Waals surface area contributed by atoms with Gasteiger partial charge >= 0.3 is 0 Å². The Kier molecular flexibility index (Phi) is 2.34. The highest BCUT2D eigenvalue weighted by molar-refractivity contribution is 6.30. The van der Waals surface area contributed by atoms with Gasteiger partial charge in [-0.05, 0) is 19.1 Å². The van der Waals surface area contributed by atoms with Crippen LogP contribution in [-0.2, 0) is 0 Å². The Morgan fingerprint density at radius 1 is 1.00 bits per heavy atom. The monoisotopic (exact) mass is 243 g/mol. The minimum atomic E-state index is 0.672. The predicted octanol–water partition coefficient (Wildman–Crippen LogP) is 3.36. The van der Waals surface area contributed by atoms with Crippen molar-refractivity contribution in [3.05, 3.63) is 53.2 Å². The van der Waals surface area contributed by atoms with Crippen LogP contribution in [0.3, 0.4) is 0 Å². The number of halogens is 1. The molecule has 3 nitrogen and oxygen atoms in total. The molecule has 0 spiro atoms. The third-order valence-corrected chi connectivity index (χ3v) is 2.90. The zero-order valence-electron chi connectivity index (χ0n) is 9.26. The normalized spacial score (nSPS) is 10.9. The fraction of sp³-hybridized carbons (Fsp3) is 0.0769. The van der Waals surface area contributed by atoms with E-state index >= 15 is 0 Å². The van der Waals surface area contributed by atoms with Gasteiger partial charge in [-0.2, -0.15) is 0 Å². The molecule has 0 aliphatic carbocycles. The van der Waals surface area contributed by atoms with E-state index in [1.54, 1.807) is 0 Å². The molecule has 17 heavy (non-hydrogen) atoms.